The molecule has 1 aromatic heterocycles. The van der Waals surface area contributed by atoms with Crippen molar-refractivity contribution < 1.29 is 22.1 Å². The van der Waals surface area contributed by atoms with Gasteiger partial charge in [0.05, 0.1) is 5.70 Å². The van der Waals surface area contributed by atoms with E-state index in [-0.39, 0.29) is 23.1 Å². The van der Waals surface area contributed by atoms with Crippen LogP contribution in [0.5, 0.6) is 0 Å². The molecule has 152 valence electrons. The molecule has 0 saturated carbocycles. The number of nitrogens with zero attached hydrogens (tertiary/aromatic N) is 3. The third-order valence-electron chi connectivity index (χ3n) is 3.92. The van der Waals surface area contributed by atoms with Crippen LogP contribution in [0.25, 0.3) is 5.70 Å². The van der Waals surface area contributed by atoms with Crippen LogP contribution >= 0.6 is 11.6 Å². The molecule has 1 atom stereocenters. The first kappa shape index (κ1) is 20.7. The van der Waals surface area contributed by atoms with E-state index in [1.165, 1.54) is 24.5 Å². The minimum absolute atomic E-state index is 0.0420. The van der Waals surface area contributed by atoms with E-state index in [1.54, 1.807) is 18.2 Å². The van der Waals surface area contributed by atoms with E-state index >= 15 is 0 Å². The second-order valence-electron chi connectivity index (χ2n) is 6.00. The van der Waals surface area contributed by atoms with Crippen molar-refractivity contribution in [3.05, 3.63) is 59.7 Å². The molecule has 0 fully saturated rings. The van der Waals surface area contributed by atoms with Crippen molar-refractivity contribution in [2.24, 2.45) is 9.98 Å². The van der Waals surface area contributed by atoms with E-state index in [1.807, 2.05) is 0 Å². The maximum Gasteiger partial charge on any atom is 0.411 e. The molecule has 1 unspecified atom stereocenters. The molecule has 0 amide bonds. The van der Waals surface area contributed by atoms with Crippen LogP contribution in [0.3, 0.4) is 0 Å². The summed E-state index contributed by atoms with van der Waals surface area (Å²) in [4.78, 5) is 7.23. The van der Waals surface area contributed by atoms with Crippen LogP contribution in [-0.2, 0) is 6.54 Å². The summed E-state index contributed by atoms with van der Waals surface area (Å²) in [5, 5.41) is 14.5. The van der Waals surface area contributed by atoms with Gasteiger partial charge < -0.3 is 9.84 Å². The number of hydrogen-bond acceptors (Lipinski definition) is 6. The molecule has 3 rings (SSSR count). The molecule has 0 radical (unpaired) electrons. The van der Waals surface area contributed by atoms with Crippen molar-refractivity contribution >= 4 is 34.0 Å². The molecule has 0 saturated heterocycles. The molecule has 0 aliphatic carbocycles. The van der Waals surface area contributed by atoms with Crippen LogP contribution in [0.2, 0.25) is 0 Å². The lowest BCUT2D eigenvalue weighted by Crippen LogP contribution is -2.33. The van der Waals surface area contributed by atoms with Crippen LogP contribution in [0.4, 0.5) is 17.6 Å². The standard InChI is InChI=1S/C18H14ClF4N5O/c19-16-8-15(18(21,22)23)26-17(27-16)12(24)7-14(13-5-6-29-28-13)25-9-10-3-1-2-4-11(10)20/h1-7,15,24-25H,8-9H2/b14-7-,24-12?. The summed E-state index contributed by atoms with van der Waals surface area (Å²) < 4.78 is 57.6. The first-order chi connectivity index (χ1) is 13.7. The summed E-state index contributed by atoms with van der Waals surface area (Å²) >= 11 is 5.72. The van der Waals surface area contributed by atoms with Crippen molar-refractivity contribution in [2.75, 3.05) is 0 Å². The van der Waals surface area contributed by atoms with Gasteiger partial charge in [0.2, 0.25) is 0 Å². The molecule has 29 heavy (non-hydrogen) atoms. The molecule has 2 heterocycles. The highest BCUT2D eigenvalue weighted by Gasteiger charge is 2.42. The Morgan fingerprint density at radius 1 is 1.31 bits per heavy atom. The Morgan fingerprint density at radius 2 is 2.07 bits per heavy atom. The first-order valence-electron chi connectivity index (χ1n) is 8.30. The molecule has 1 aliphatic rings. The Labute approximate surface area is 167 Å². The first-order valence-corrected chi connectivity index (χ1v) is 8.68. The van der Waals surface area contributed by atoms with Gasteiger partial charge in [0, 0.05) is 24.6 Å². The second-order valence-corrected chi connectivity index (χ2v) is 6.44. The van der Waals surface area contributed by atoms with Crippen LogP contribution in [0.1, 0.15) is 17.7 Å². The molecule has 1 aromatic carbocycles. The van der Waals surface area contributed by atoms with Crippen molar-refractivity contribution in [3.63, 3.8) is 0 Å². The number of aromatic nitrogens is 1. The minimum atomic E-state index is -4.61. The van der Waals surface area contributed by atoms with Crippen LogP contribution < -0.4 is 5.32 Å². The van der Waals surface area contributed by atoms with E-state index in [2.05, 4.69) is 20.5 Å². The number of alkyl halides is 3. The second kappa shape index (κ2) is 8.56. The van der Waals surface area contributed by atoms with Crippen LogP contribution in [-0.4, -0.2) is 34.1 Å². The van der Waals surface area contributed by atoms with Crippen molar-refractivity contribution in [1.29, 1.82) is 5.41 Å². The normalized spacial score (nSPS) is 17.6. The Kier molecular flexibility index (Phi) is 6.12. The third kappa shape index (κ3) is 5.29. The maximum atomic E-state index is 13.8. The number of aliphatic imine (C=N–C) groups is 2. The molecule has 11 heteroatoms. The molecule has 1 aliphatic heterocycles. The predicted octanol–water partition coefficient (Wildman–Crippen LogP) is 4.33. The smallest absolute Gasteiger partial charge is 0.379 e. The van der Waals surface area contributed by atoms with Gasteiger partial charge >= 0.3 is 6.18 Å². The number of amidine groups is 1. The highest BCUT2D eigenvalue weighted by molar-refractivity contribution is 6.67. The lowest BCUT2D eigenvalue weighted by Gasteiger charge is -2.20. The number of halogens is 5. The molecule has 6 nitrogen and oxygen atoms in total. The summed E-state index contributed by atoms with van der Waals surface area (Å²) in [5.41, 5.74) is 0.415. The van der Waals surface area contributed by atoms with E-state index in [4.69, 9.17) is 21.5 Å². The van der Waals surface area contributed by atoms with Crippen LogP contribution in [0.15, 0.2) is 57.2 Å². The van der Waals surface area contributed by atoms with Crippen molar-refractivity contribution in [2.45, 2.75) is 25.2 Å². The Morgan fingerprint density at radius 3 is 2.72 bits per heavy atom. The van der Waals surface area contributed by atoms with E-state index < -0.39 is 36.0 Å². The molecule has 2 N–H and O–H groups in total. The largest absolute Gasteiger partial charge is 0.411 e. The lowest BCUT2D eigenvalue weighted by atomic mass is 10.1. The third-order valence-corrected chi connectivity index (χ3v) is 4.15. The zero-order valence-corrected chi connectivity index (χ0v) is 15.4. The van der Waals surface area contributed by atoms with Crippen molar-refractivity contribution in [3.8, 4) is 0 Å². The summed E-state index contributed by atoms with van der Waals surface area (Å²) in [6.45, 7) is 0.0420. The Balaban J connectivity index is 1.87. The number of nitrogens with one attached hydrogen (secondary N) is 2. The molecule has 2 aromatic rings. The molecule has 0 bridgehead atoms. The van der Waals surface area contributed by atoms with Gasteiger partial charge in [0.15, 0.2) is 11.9 Å². The van der Waals surface area contributed by atoms with Crippen LogP contribution in [0, 0.1) is 11.2 Å². The fourth-order valence-corrected chi connectivity index (χ4v) is 2.70. The zero-order chi connectivity index (χ0) is 21.0. The van der Waals surface area contributed by atoms with Gasteiger partial charge in [0.1, 0.15) is 28.7 Å². The van der Waals surface area contributed by atoms with E-state index in [9.17, 15) is 17.6 Å². The number of rotatable bonds is 6. The fourth-order valence-electron chi connectivity index (χ4n) is 2.47. The maximum absolute atomic E-state index is 13.8. The molecular weight excluding hydrogens is 414 g/mol. The molecular formula is C18H14ClF4N5O. The minimum Gasteiger partial charge on any atom is -0.379 e. The Bertz CT molecular complexity index is 982. The predicted molar refractivity (Wildman–Crippen MR) is 101 cm³/mol. The fraction of sp³-hybridized carbons (Fsp3) is 0.222. The van der Waals surface area contributed by atoms with Gasteiger partial charge in [-0.05, 0) is 12.1 Å². The van der Waals surface area contributed by atoms with E-state index in [0.717, 1.165) is 0 Å². The van der Waals surface area contributed by atoms with Gasteiger partial charge in [-0.3, -0.25) is 10.4 Å². The Hall–Kier alpha value is -3.01. The van der Waals surface area contributed by atoms with Crippen molar-refractivity contribution in [1.82, 2.24) is 10.5 Å². The van der Waals surface area contributed by atoms with E-state index in [0.29, 0.717) is 5.56 Å². The highest BCUT2D eigenvalue weighted by atomic mass is 35.5. The number of benzene rings is 1. The average Bonchev–Trinajstić information content (AvgIpc) is 3.19. The topological polar surface area (TPSA) is 86.6 Å². The van der Waals surface area contributed by atoms with Gasteiger partial charge in [-0.2, -0.15) is 13.2 Å². The zero-order valence-electron chi connectivity index (χ0n) is 14.7. The van der Waals surface area contributed by atoms with Gasteiger partial charge in [-0.25, -0.2) is 9.38 Å². The SMILES string of the molecule is N=C(/C=C(\NCc1ccccc1F)c1ccon1)C1=NC(C(F)(F)F)CC(Cl)=N1. The van der Waals surface area contributed by atoms with Gasteiger partial charge in [-0.1, -0.05) is 35.0 Å². The highest BCUT2D eigenvalue weighted by Crippen LogP contribution is 2.28. The summed E-state index contributed by atoms with van der Waals surface area (Å²) in [5.74, 6) is -0.895. The average molecular weight is 428 g/mol. The summed E-state index contributed by atoms with van der Waals surface area (Å²) in [7, 11) is 0. The summed E-state index contributed by atoms with van der Waals surface area (Å²) in [6, 6.07) is 5.47. The van der Waals surface area contributed by atoms with Gasteiger partial charge in [0.25, 0.3) is 0 Å². The quantitative estimate of drug-likeness (QED) is 0.531. The van der Waals surface area contributed by atoms with Gasteiger partial charge in [-0.15, -0.1) is 0 Å². The summed E-state index contributed by atoms with van der Waals surface area (Å²) in [6.07, 6.45) is -2.72. The molecule has 0 spiro atoms. The lowest BCUT2D eigenvalue weighted by molar-refractivity contribution is -0.145. The monoisotopic (exact) mass is 427 g/mol. The number of hydrogen-bond donors (Lipinski definition) is 2.